The zero-order chi connectivity index (χ0) is 13.2. The van der Waals surface area contributed by atoms with Gasteiger partial charge in [-0.2, -0.15) is 0 Å². The fourth-order valence-corrected chi connectivity index (χ4v) is 2.56. The molecule has 0 amide bonds. The minimum absolute atomic E-state index is 0.177. The van der Waals surface area contributed by atoms with E-state index in [1.165, 1.54) is 22.9 Å². The summed E-state index contributed by atoms with van der Waals surface area (Å²) in [5.74, 6) is -0.177. The highest BCUT2D eigenvalue weighted by Crippen LogP contribution is 2.25. The molecule has 0 unspecified atom stereocenters. The lowest BCUT2D eigenvalue weighted by molar-refractivity contribution is 0.622. The summed E-state index contributed by atoms with van der Waals surface area (Å²) in [4.78, 5) is 1.94. The van der Waals surface area contributed by atoms with Gasteiger partial charge in [-0.1, -0.05) is 24.3 Å². The van der Waals surface area contributed by atoms with Crippen LogP contribution in [-0.4, -0.2) is 13.6 Å². The molecule has 1 aliphatic rings. The van der Waals surface area contributed by atoms with Crippen molar-refractivity contribution < 1.29 is 4.39 Å². The maximum atomic E-state index is 13.7. The number of nitrogens with zero attached hydrogens (tertiary/aromatic N) is 1. The molecule has 2 aromatic rings. The van der Waals surface area contributed by atoms with Crippen LogP contribution in [0.5, 0.6) is 0 Å². The highest BCUT2D eigenvalue weighted by molar-refractivity contribution is 5.57. The lowest BCUT2D eigenvalue weighted by atomic mass is 10.1. The Balaban J connectivity index is 1.80. The number of benzene rings is 2. The molecule has 0 saturated heterocycles. The molecule has 0 aliphatic carbocycles. The van der Waals surface area contributed by atoms with Crippen molar-refractivity contribution in [3.8, 4) is 0 Å². The van der Waals surface area contributed by atoms with Crippen LogP contribution in [0.1, 0.15) is 11.1 Å². The topological polar surface area (TPSA) is 15.3 Å². The molecule has 0 saturated carbocycles. The largest absolute Gasteiger partial charge is 0.384 e. The highest BCUT2D eigenvalue weighted by Gasteiger charge is 2.12. The van der Waals surface area contributed by atoms with Crippen molar-refractivity contribution in [1.82, 2.24) is 0 Å². The van der Waals surface area contributed by atoms with Gasteiger partial charge in [-0.05, 0) is 35.7 Å². The molecule has 0 radical (unpaired) electrons. The number of hydrogen-bond acceptors (Lipinski definition) is 2. The lowest BCUT2D eigenvalue weighted by Crippen LogP contribution is -2.17. The number of para-hydroxylation sites is 1. The maximum absolute atomic E-state index is 13.7. The van der Waals surface area contributed by atoms with E-state index in [0.717, 1.165) is 13.0 Å². The quantitative estimate of drug-likeness (QED) is 0.905. The average Bonchev–Trinajstić information content (AvgIpc) is 2.86. The van der Waals surface area contributed by atoms with Gasteiger partial charge in [0.15, 0.2) is 0 Å². The number of halogens is 1. The van der Waals surface area contributed by atoms with Crippen LogP contribution >= 0.6 is 0 Å². The van der Waals surface area contributed by atoms with E-state index in [4.69, 9.17) is 0 Å². The predicted molar refractivity (Wildman–Crippen MR) is 77.1 cm³/mol. The first-order chi connectivity index (χ1) is 9.24. The summed E-state index contributed by atoms with van der Waals surface area (Å²) < 4.78 is 13.7. The number of anilines is 2. The van der Waals surface area contributed by atoms with Crippen LogP contribution in [0.15, 0.2) is 42.5 Å². The van der Waals surface area contributed by atoms with Gasteiger partial charge in [0.1, 0.15) is 5.82 Å². The summed E-state index contributed by atoms with van der Waals surface area (Å²) in [5.41, 5.74) is 4.42. The Morgan fingerprint density at radius 1 is 1.21 bits per heavy atom. The Kier molecular flexibility index (Phi) is 3.11. The molecule has 19 heavy (non-hydrogen) atoms. The Bertz CT molecular complexity index is 595. The van der Waals surface area contributed by atoms with Crippen LogP contribution in [0, 0.1) is 5.82 Å². The number of fused-ring (bicyclic) bond motifs is 1. The second-order valence-corrected chi connectivity index (χ2v) is 4.98. The van der Waals surface area contributed by atoms with Gasteiger partial charge in [-0.3, -0.25) is 0 Å². The minimum atomic E-state index is -0.177. The van der Waals surface area contributed by atoms with Gasteiger partial charge in [-0.25, -0.2) is 4.39 Å². The van der Waals surface area contributed by atoms with Crippen LogP contribution < -0.4 is 10.2 Å². The molecule has 1 N–H and O–H groups in total. The summed E-state index contributed by atoms with van der Waals surface area (Å²) in [7, 11) is 1.92. The summed E-state index contributed by atoms with van der Waals surface area (Å²) in [5, 5.41) is 3.37. The van der Waals surface area contributed by atoms with E-state index in [-0.39, 0.29) is 5.82 Å². The molecule has 2 nitrogen and oxygen atoms in total. The van der Waals surface area contributed by atoms with Crippen molar-refractivity contribution in [3.05, 3.63) is 59.4 Å². The van der Waals surface area contributed by atoms with Crippen molar-refractivity contribution in [2.24, 2.45) is 0 Å². The Labute approximate surface area is 112 Å². The fraction of sp³-hybridized carbons (Fsp3) is 0.250. The molecular weight excluding hydrogens is 239 g/mol. The van der Waals surface area contributed by atoms with Crippen LogP contribution in [0.3, 0.4) is 0 Å². The van der Waals surface area contributed by atoms with Gasteiger partial charge >= 0.3 is 0 Å². The second-order valence-electron chi connectivity index (χ2n) is 4.98. The molecule has 1 heterocycles. The SMILES string of the molecule is CN(Cc1ccc2c(c1)NCC2)c1ccccc1F. The molecule has 0 atom stereocenters. The smallest absolute Gasteiger partial charge is 0.146 e. The van der Waals surface area contributed by atoms with Gasteiger partial charge in [-0.15, -0.1) is 0 Å². The molecule has 1 aliphatic heterocycles. The third-order valence-electron chi connectivity index (χ3n) is 3.57. The second kappa shape index (κ2) is 4.92. The maximum Gasteiger partial charge on any atom is 0.146 e. The number of nitrogens with one attached hydrogen (secondary N) is 1. The first-order valence-corrected chi connectivity index (χ1v) is 6.55. The molecule has 0 fully saturated rings. The first kappa shape index (κ1) is 12.0. The summed E-state index contributed by atoms with van der Waals surface area (Å²) in [6.07, 6.45) is 1.10. The van der Waals surface area contributed by atoms with Crippen molar-refractivity contribution in [1.29, 1.82) is 0 Å². The zero-order valence-corrected chi connectivity index (χ0v) is 11.0. The van der Waals surface area contributed by atoms with Crippen molar-refractivity contribution in [2.45, 2.75) is 13.0 Å². The minimum Gasteiger partial charge on any atom is -0.384 e. The summed E-state index contributed by atoms with van der Waals surface area (Å²) in [6, 6.07) is 13.3. The van der Waals surface area contributed by atoms with Crippen molar-refractivity contribution in [3.63, 3.8) is 0 Å². The monoisotopic (exact) mass is 256 g/mol. The standard InChI is InChI=1S/C16H17FN2/c1-19(16-5-3-2-4-14(16)17)11-12-6-7-13-8-9-18-15(13)10-12/h2-7,10,18H,8-9,11H2,1H3. The average molecular weight is 256 g/mol. The van der Waals surface area contributed by atoms with Gasteiger partial charge in [0.25, 0.3) is 0 Å². The number of rotatable bonds is 3. The van der Waals surface area contributed by atoms with Crippen LogP contribution in [0.25, 0.3) is 0 Å². The lowest BCUT2D eigenvalue weighted by Gasteiger charge is -2.20. The van der Waals surface area contributed by atoms with E-state index in [1.807, 2.05) is 18.0 Å². The van der Waals surface area contributed by atoms with Gasteiger partial charge in [0, 0.05) is 25.8 Å². The predicted octanol–water partition coefficient (Wildman–Crippen LogP) is 3.43. The van der Waals surface area contributed by atoms with Crippen LogP contribution in [-0.2, 0) is 13.0 Å². The molecule has 2 aromatic carbocycles. The van der Waals surface area contributed by atoms with E-state index in [0.29, 0.717) is 12.2 Å². The first-order valence-electron chi connectivity index (χ1n) is 6.55. The number of hydrogen-bond donors (Lipinski definition) is 1. The van der Waals surface area contributed by atoms with Crippen LogP contribution in [0.4, 0.5) is 15.8 Å². The summed E-state index contributed by atoms with van der Waals surface area (Å²) in [6.45, 7) is 1.72. The van der Waals surface area contributed by atoms with Crippen molar-refractivity contribution in [2.75, 3.05) is 23.8 Å². The summed E-state index contributed by atoms with van der Waals surface area (Å²) >= 11 is 0. The fourth-order valence-electron chi connectivity index (χ4n) is 2.56. The van der Waals surface area contributed by atoms with Gasteiger partial charge in [0.2, 0.25) is 0 Å². The molecule has 3 heteroatoms. The molecule has 0 aromatic heterocycles. The molecule has 98 valence electrons. The third kappa shape index (κ3) is 2.41. The van der Waals surface area contributed by atoms with Gasteiger partial charge < -0.3 is 10.2 Å². The van der Waals surface area contributed by atoms with E-state index >= 15 is 0 Å². The molecular formula is C16H17FN2. The Morgan fingerprint density at radius 2 is 2.05 bits per heavy atom. The third-order valence-corrected chi connectivity index (χ3v) is 3.57. The normalized spacial score (nSPS) is 12.9. The van der Waals surface area contributed by atoms with E-state index < -0.39 is 0 Å². The zero-order valence-electron chi connectivity index (χ0n) is 11.0. The molecule has 0 spiro atoms. The molecule has 3 rings (SSSR count). The van der Waals surface area contributed by atoms with E-state index in [9.17, 15) is 4.39 Å². The van der Waals surface area contributed by atoms with E-state index in [1.54, 1.807) is 12.1 Å². The Hall–Kier alpha value is -2.03. The van der Waals surface area contributed by atoms with Crippen molar-refractivity contribution >= 4 is 11.4 Å². The van der Waals surface area contributed by atoms with E-state index in [2.05, 4.69) is 23.5 Å². The van der Waals surface area contributed by atoms with Gasteiger partial charge in [0.05, 0.1) is 5.69 Å². The molecule has 0 bridgehead atoms. The van der Waals surface area contributed by atoms with Crippen LogP contribution in [0.2, 0.25) is 0 Å². The Morgan fingerprint density at radius 3 is 2.89 bits per heavy atom. The highest BCUT2D eigenvalue weighted by atomic mass is 19.1.